The van der Waals surface area contributed by atoms with E-state index in [2.05, 4.69) is 10.4 Å². The third-order valence-electron chi connectivity index (χ3n) is 8.56. The average molecular weight is 559 g/mol. The van der Waals surface area contributed by atoms with E-state index in [9.17, 15) is 27.6 Å². The van der Waals surface area contributed by atoms with E-state index >= 15 is 0 Å². The van der Waals surface area contributed by atoms with Crippen LogP contribution >= 0.6 is 0 Å². The fourth-order valence-electron chi connectivity index (χ4n) is 6.43. The second-order valence-corrected chi connectivity index (χ2v) is 11.2. The number of rotatable bonds is 4. The molecule has 214 valence electrons. The molecule has 3 aliphatic heterocycles. The molecule has 4 aliphatic rings. The number of urea groups is 1. The quantitative estimate of drug-likeness (QED) is 0.616. The number of halogens is 3. The number of amides is 4. The summed E-state index contributed by atoms with van der Waals surface area (Å²) in [5.41, 5.74) is 0.808. The molecule has 1 atom stereocenters. The number of hydrogen-bond acceptors (Lipinski definition) is 4. The highest BCUT2D eigenvalue weighted by molar-refractivity contribution is 5.96. The van der Waals surface area contributed by atoms with Crippen molar-refractivity contribution < 1.29 is 27.6 Å². The van der Waals surface area contributed by atoms with Crippen LogP contribution in [0.2, 0.25) is 0 Å². The van der Waals surface area contributed by atoms with Gasteiger partial charge in [-0.05, 0) is 50.2 Å². The zero-order valence-corrected chi connectivity index (χ0v) is 22.2. The Bertz CT molecular complexity index is 1300. The van der Waals surface area contributed by atoms with E-state index < -0.39 is 17.8 Å². The van der Waals surface area contributed by atoms with Crippen molar-refractivity contribution in [3.63, 3.8) is 0 Å². The third kappa shape index (κ3) is 5.03. The zero-order valence-electron chi connectivity index (χ0n) is 22.2. The van der Waals surface area contributed by atoms with Crippen molar-refractivity contribution in [3.05, 3.63) is 52.8 Å². The summed E-state index contributed by atoms with van der Waals surface area (Å²) < 4.78 is 43.3. The Morgan fingerprint density at radius 1 is 0.950 bits per heavy atom. The van der Waals surface area contributed by atoms with Gasteiger partial charge in [-0.1, -0.05) is 18.2 Å². The maximum atomic E-state index is 13.9. The van der Waals surface area contributed by atoms with Gasteiger partial charge < -0.3 is 20.0 Å². The topological polar surface area (TPSA) is 90.8 Å². The zero-order chi connectivity index (χ0) is 28.0. The number of carbonyl (C=O) groups excluding carboxylic acids is 3. The molecule has 1 aromatic carbocycles. The van der Waals surface area contributed by atoms with Gasteiger partial charge >= 0.3 is 12.2 Å². The Hall–Kier alpha value is -3.57. The van der Waals surface area contributed by atoms with Crippen molar-refractivity contribution in [1.82, 2.24) is 29.8 Å². The Balaban J connectivity index is 1.19. The second kappa shape index (κ2) is 10.4. The van der Waals surface area contributed by atoms with Crippen LogP contribution in [0.25, 0.3) is 0 Å². The lowest BCUT2D eigenvalue weighted by Crippen LogP contribution is -2.55. The molecule has 4 heterocycles. The van der Waals surface area contributed by atoms with E-state index in [1.807, 2.05) is 4.68 Å². The summed E-state index contributed by atoms with van der Waals surface area (Å²) in [6.45, 7) is 2.47. The van der Waals surface area contributed by atoms with Gasteiger partial charge in [-0.3, -0.25) is 14.3 Å². The van der Waals surface area contributed by atoms with Crippen LogP contribution in [0.4, 0.5) is 18.0 Å². The molecule has 4 amide bonds. The lowest BCUT2D eigenvalue weighted by atomic mass is 9.97. The number of aromatic nitrogens is 2. The van der Waals surface area contributed by atoms with Gasteiger partial charge in [0.1, 0.15) is 6.54 Å². The summed E-state index contributed by atoms with van der Waals surface area (Å²) in [4.78, 5) is 43.5. The van der Waals surface area contributed by atoms with Crippen molar-refractivity contribution in [3.8, 4) is 0 Å². The Morgan fingerprint density at radius 2 is 1.70 bits per heavy atom. The van der Waals surface area contributed by atoms with E-state index in [-0.39, 0.29) is 41.9 Å². The summed E-state index contributed by atoms with van der Waals surface area (Å²) >= 11 is 0. The van der Waals surface area contributed by atoms with Crippen molar-refractivity contribution in [2.24, 2.45) is 0 Å². The van der Waals surface area contributed by atoms with Crippen LogP contribution in [-0.2, 0) is 11.0 Å². The number of piperazine rings is 1. The number of hydrogen-bond donors (Lipinski definition) is 1. The molecule has 3 saturated heterocycles. The van der Waals surface area contributed by atoms with Crippen LogP contribution in [-0.4, -0.2) is 81.6 Å². The molecule has 1 unspecified atom stereocenters. The molecule has 1 saturated carbocycles. The Kier molecular flexibility index (Phi) is 6.95. The second-order valence-electron chi connectivity index (χ2n) is 11.2. The normalized spacial score (nSPS) is 22.5. The van der Waals surface area contributed by atoms with Crippen LogP contribution in [0, 0.1) is 0 Å². The SMILES string of the molecule is O=C1CN(C(=O)N2CCC(n3ncc(C(=O)N4CCCC4c4ccccc4C(F)(F)F)c3C3CC3)CC2)CCN1. The summed E-state index contributed by atoms with van der Waals surface area (Å²) in [7, 11) is 0. The Morgan fingerprint density at radius 3 is 2.40 bits per heavy atom. The summed E-state index contributed by atoms with van der Waals surface area (Å²) in [6.07, 6.45) is 1.45. The van der Waals surface area contributed by atoms with Crippen molar-refractivity contribution in [1.29, 1.82) is 0 Å². The molecular formula is C28H33F3N6O3. The molecule has 0 bridgehead atoms. The van der Waals surface area contributed by atoms with Gasteiger partial charge in [0.2, 0.25) is 5.91 Å². The van der Waals surface area contributed by atoms with E-state index in [4.69, 9.17) is 0 Å². The first-order valence-electron chi connectivity index (χ1n) is 14.1. The van der Waals surface area contributed by atoms with Gasteiger partial charge in [-0.25, -0.2) is 4.79 Å². The van der Waals surface area contributed by atoms with Crippen LogP contribution in [0.5, 0.6) is 0 Å². The monoisotopic (exact) mass is 558 g/mol. The minimum Gasteiger partial charge on any atom is -0.353 e. The predicted octanol–water partition coefficient (Wildman–Crippen LogP) is 3.95. The lowest BCUT2D eigenvalue weighted by Gasteiger charge is -2.37. The Labute approximate surface area is 230 Å². The van der Waals surface area contributed by atoms with E-state index in [0.29, 0.717) is 64.0 Å². The molecule has 1 aromatic heterocycles. The van der Waals surface area contributed by atoms with Gasteiger partial charge in [0.05, 0.1) is 35.1 Å². The van der Waals surface area contributed by atoms with E-state index in [1.54, 1.807) is 27.0 Å². The highest BCUT2D eigenvalue weighted by Gasteiger charge is 2.42. The highest BCUT2D eigenvalue weighted by atomic mass is 19.4. The minimum atomic E-state index is -4.49. The lowest BCUT2D eigenvalue weighted by molar-refractivity contribution is -0.138. The molecule has 40 heavy (non-hydrogen) atoms. The van der Waals surface area contributed by atoms with Crippen molar-refractivity contribution in [2.75, 3.05) is 39.3 Å². The van der Waals surface area contributed by atoms with Crippen molar-refractivity contribution >= 4 is 17.8 Å². The first-order chi connectivity index (χ1) is 19.2. The fourth-order valence-corrected chi connectivity index (χ4v) is 6.43. The molecule has 2 aromatic rings. The summed E-state index contributed by atoms with van der Waals surface area (Å²) in [5, 5.41) is 7.37. The minimum absolute atomic E-state index is 0.0196. The van der Waals surface area contributed by atoms with Gasteiger partial charge in [0.25, 0.3) is 5.91 Å². The molecule has 6 rings (SSSR count). The number of nitrogens with zero attached hydrogens (tertiary/aromatic N) is 5. The van der Waals surface area contributed by atoms with Crippen LogP contribution in [0.3, 0.4) is 0 Å². The number of nitrogens with one attached hydrogen (secondary N) is 1. The molecule has 1 aliphatic carbocycles. The van der Waals surface area contributed by atoms with Crippen LogP contribution < -0.4 is 5.32 Å². The molecule has 4 fully saturated rings. The maximum Gasteiger partial charge on any atom is 0.416 e. The van der Waals surface area contributed by atoms with Gasteiger partial charge in [-0.2, -0.15) is 18.3 Å². The van der Waals surface area contributed by atoms with Gasteiger partial charge in [0.15, 0.2) is 0 Å². The number of carbonyl (C=O) groups is 3. The van der Waals surface area contributed by atoms with Gasteiger partial charge in [-0.15, -0.1) is 0 Å². The summed E-state index contributed by atoms with van der Waals surface area (Å²) in [6, 6.07) is 4.79. The highest BCUT2D eigenvalue weighted by Crippen LogP contribution is 2.45. The molecular weight excluding hydrogens is 525 g/mol. The molecule has 1 N–H and O–H groups in total. The fraction of sp³-hybridized carbons (Fsp3) is 0.571. The number of likely N-dealkylation sites (tertiary alicyclic amines) is 2. The number of benzene rings is 1. The largest absolute Gasteiger partial charge is 0.416 e. The molecule has 12 heteroatoms. The van der Waals surface area contributed by atoms with Gasteiger partial charge in [0, 0.05) is 38.6 Å². The first-order valence-corrected chi connectivity index (χ1v) is 14.1. The molecule has 0 radical (unpaired) electrons. The average Bonchev–Trinajstić information content (AvgIpc) is 3.49. The third-order valence-corrected chi connectivity index (χ3v) is 8.56. The maximum absolute atomic E-state index is 13.9. The van der Waals surface area contributed by atoms with E-state index in [1.165, 1.54) is 12.1 Å². The predicted molar refractivity (Wildman–Crippen MR) is 138 cm³/mol. The number of piperidine rings is 1. The standard InChI is InChI=1S/C28H33F3N6O3/c29-28(30,31)22-5-2-1-4-20(22)23-6-3-12-36(23)26(39)21-16-33-37(25(21)18-7-8-18)19-9-13-34(14-10-19)27(40)35-15-11-32-24(38)17-35/h1-2,4-5,16,18-19,23H,3,6-15,17H2,(H,32,38). The van der Waals surface area contributed by atoms with E-state index in [0.717, 1.165) is 24.6 Å². The summed E-state index contributed by atoms with van der Waals surface area (Å²) in [5.74, 6) is -0.209. The number of alkyl halides is 3. The van der Waals surface area contributed by atoms with Crippen LogP contribution in [0.15, 0.2) is 30.5 Å². The van der Waals surface area contributed by atoms with Crippen molar-refractivity contribution in [2.45, 2.75) is 62.7 Å². The van der Waals surface area contributed by atoms with Crippen LogP contribution in [0.1, 0.15) is 83.7 Å². The smallest absolute Gasteiger partial charge is 0.353 e. The molecule has 0 spiro atoms. The molecule has 9 nitrogen and oxygen atoms in total. The first kappa shape index (κ1) is 26.6.